The van der Waals surface area contributed by atoms with Crippen LogP contribution in [0.15, 0.2) is 48.5 Å². The highest BCUT2D eigenvalue weighted by Crippen LogP contribution is 2.30. The maximum atomic E-state index is 12.6. The van der Waals surface area contributed by atoms with Gasteiger partial charge in [-0.25, -0.2) is 4.79 Å². The summed E-state index contributed by atoms with van der Waals surface area (Å²) in [5, 5.41) is 31.3. The van der Waals surface area contributed by atoms with Crippen molar-refractivity contribution >= 4 is 18.1 Å². The molecule has 7 nitrogen and oxygen atoms in total. The second-order valence-electron chi connectivity index (χ2n) is 8.67. The Labute approximate surface area is 188 Å². The number of nitrogens with one attached hydrogen (secondary N) is 1. The molecular formula is C25H30N2O5. The molecule has 0 aromatic heterocycles. The summed E-state index contributed by atoms with van der Waals surface area (Å²) in [5.41, 5.74) is 2.07. The Bertz CT molecular complexity index is 1000. The molecule has 1 aliphatic rings. The van der Waals surface area contributed by atoms with Gasteiger partial charge in [-0.1, -0.05) is 36.4 Å². The van der Waals surface area contributed by atoms with Gasteiger partial charge in [-0.2, -0.15) is 0 Å². The Kier molecular flexibility index (Phi) is 7.20. The van der Waals surface area contributed by atoms with Crippen molar-refractivity contribution in [3.63, 3.8) is 0 Å². The maximum absolute atomic E-state index is 12.6. The molecule has 2 aromatic carbocycles. The standard InChI is InChI=1S/C25H30N2O5/c1-25(2,32)21-8-6-17(15-22(21)28)7-9-23(29)27-12-10-19(11-13-27)20-5-3-4-18(14-20)16-26-24(30)31/h3-9,14-15,19,26,28,32H,10-13,16H2,1-2H3,(H,30,31). The van der Waals surface area contributed by atoms with Crippen molar-refractivity contribution < 1.29 is 24.9 Å². The fraction of sp³-hybridized carbons (Fsp3) is 0.360. The minimum absolute atomic E-state index is 0.00583. The smallest absolute Gasteiger partial charge is 0.404 e. The fourth-order valence-corrected chi connectivity index (χ4v) is 4.01. The SMILES string of the molecule is CC(C)(O)c1ccc(C=CC(=O)N2CCC(c3cccc(CNC(=O)O)c3)CC2)cc1O. The molecule has 1 fully saturated rings. The Morgan fingerprint density at radius 2 is 1.88 bits per heavy atom. The van der Waals surface area contributed by atoms with Crippen LogP contribution in [-0.4, -0.2) is 45.3 Å². The van der Waals surface area contributed by atoms with Gasteiger partial charge >= 0.3 is 6.09 Å². The average Bonchev–Trinajstić information content (AvgIpc) is 2.75. The first-order valence-electron chi connectivity index (χ1n) is 10.7. The monoisotopic (exact) mass is 438 g/mol. The molecule has 0 spiro atoms. The van der Waals surface area contributed by atoms with Crippen molar-refractivity contribution in [3.8, 4) is 5.75 Å². The van der Waals surface area contributed by atoms with Crippen molar-refractivity contribution in [2.45, 2.75) is 44.8 Å². The summed E-state index contributed by atoms with van der Waals surface area (Å²) >= 11 is 0. The van der Waals surface area contributed by atoms with Crippen LogP contribution in [0, 0.1) is 0 Å². The van der Waals surface area contributed by atoms with Crippen molar-refractivity contribution in [1.82, 2.24) is 10.2 Å². The summed E-state index contributed by atoms with van der Waals surface area (Å²) < 4.78 is 0. The molecule has 1 aliphatic heterocycles. The number of phenolic OH excluding ortho intramolecular Hbond substituents is 1. The number of carbonyl (C=O) groups is 2. The number of nitrogens with zero attached hydrogens (tertiary/aromatic N) is 1. The van der Waals surface area contributed by atoms with E-state index in [2.05, 4.69) is 11.4 Å². The molecule has 0 unspecified atom stereocenters. The summed E-state index contributed by atoms with van der Waals surface area (Å²) in [6.45, 7) is 4.78. The zero-order valence-electron chi connectivity index (χ0n) is 18.4. The van der Waals surface area contributed by atoms with Gasteiger partial charge in [-0.15, -0.1) is 0 Å². The molecule has 2 amide bonds. The second kappa shape index (κ2) is 9.87. The van der Waals surface area contributed by atoms with Crippen LogP contribution in [0.1, 0.15) is 54.9 Å². The number of benzene rings is 2. The molecular weight excluding hydrogens is 408 g/mol. The van der Waals surface area contributed by atoms with Crippen LogP contribution in [0.2, 0.25) is 0 Å². The fourth-order valence-electron chi connectivity index (χ4n) is 4.01. The lowest BCUT2D eigenvalue weighted by Gasteiger charge is -2.31. The van der Waals surface area contributed by atoms with Gasteiger partial charge < -0.3 is 25.5 Å². The third-order valence-corrected chi connectivity index (χ3v) is 5.77. The lowest BCUT2D eigenvalue weighted by molar-refractivity contribution is -0.126. The molecule has 4 N–H and O–H groups in total. The van der Waals surface area contributed by atoms with Crippen LogP contribution in [0.3, 0.4) is 0 Å². The predicted octanol–water partition coefficient (Wildman–Crippen LogP) is 3.81. The molecule has 170 valence electrons. The van der Waals surface area contributed by atoms with E-state index in [1.807, 2.05) is 23.1 Å². The zero-order valence-corrected chi connectivity index (χ0v) is 18.4. The Morgan fingerprint density at radius 3 is 2.50 bits per heavy atom. The van der Waals surface area contributed by atoms with E-state index in [0.29, 0.717) is 30.1 Å². The van der Waals surface area contributed by atoms with E-state index in [4.69, 9.17) is 5.11 Å². The van der Waals surface area contributed by atoms with Crippen LogP contribution in [0.25, 0.3) is 6.08 Å². The number of carboxylic acid groups (broad SMARTS) is 1. The summed E-state index contributed by atoms with van der Waals surface area (Å²) in [5.74, 6) is 0.252. The molecule has 0 bridgehead atoms. The highest BCUT2D eigenvalue weighted by Gasteiger charge is 2.23. The van der Waals surface area contributed by atoms with E-state index in [1.54, 1.807) is 32.1 Å². The summed E-state index contributed by atoms with van der Waals surface area (Å²) in [6.07, 6.45) is 3.82. The van der Waals surface area contributed by atoms with Gasteiger partial charge in [0, 0.05) is 31.3 Å². The first-order valence-corrected chi connectivity index (χ1v) is 10.7. The van der Waals surface area contributed by atoms with Gasteiger partial charge in [-0.3, -0.25) is 4.79 Å². The number of phenols is 1. The van der Waals surface area contributed by atoms with Crippen molar-refractivity contribution in [2.24, 2.45) is 0 Å². The van der Waals surface area contributed by atoms with Crippen molar-refractivity contribution in [2.75, 3.05) is 13.1 Å². The molecule has 0 atom stereocenters. The summed E-state index contributed by atoms with van der Waals surface area (Å²) in [6, 6.07) is 12.9. The van der Waals surface area contributed by atoms with E-state index in [9.17, 15) is 19.8 Å². The Balaban J connectivity index is 1.56. The number of likely N-dealkylation sites (tertiary alicyclic amines) is 1. The number of aromatic hydroxyl groups is 1. The predicted molar refractivity (Wildman–Crippen MR) is 122 cm³/mol. The lowest BCUT2D eigenvalue weighted by atomic mass is 9.88. The van der Waals surface area contributed by atoms with E-state index >= 15 is 0 Å². The lowest BCUT2D eigenvalue weighted by Crippen LogP contribution is -2.36. The highest BCUT2D eigenvalue weighted by atomic mass is 16.4. The number of hydrogen-bond acceptors (Lipinski definition) is 4. The molecule has 0 radical (unpaired) electrons. The number of aliphatic hydroxyl groups is 1. The molecule has 2 aromatic rings. The van der Waals surface area contributed by atoms with E-state index < -0.39 is 11.7 Å². The van der Waals surface area contributed by atoms with Gasteiger partial charge in [0.15, 0.2) is 0 Å². The van der Waals surface area contributed by atoms with Crippen LogP contribution in [-0.2, 0) is 16.9 Å². The maximum Gasteiger partial charge on any atom is 0.404 e. The number of carbonyl (C=O) groups excluding carboxylic acids is 1. The Morgan fingerprint density at radius 1 is 1.16 bits per heavy atom. The minimum atomic E-state index is -1.14. The van der Waals surface area contributed by atoms with Crippen molar-refractivity contribution in [3.05, 3.63) is 70.8 Å². The molecule has 0 saturated carbocycles. The van der Waals surface area contributed by atoms with Crippen LogP contribution >= 0.6 is 0 Å². The molecule has 3 rings (SSSR count). The summed E-state index contributed by atoms with van der Waals surface area (Å²) in [7, 11) is 0. The largest absolute Gasteiger partial charge is 0.508 e. The second-order valence-corrected chi connectivity index (χ2v) is 8.67. The first kappa shape index (κ1) is 23.3. The van der Waals surface area contributed by atoms with Gasteiger partial charge in [0.1, 0.15) is 5.75 Å². The number of piperidine rings is 1. The van der Waals surface area contributed by atoms with Crippen LogP contribution < -0.4 is 5.32 Å². The number of hydrogen-bond donors (Lipinski definition) is 4. The summed E-state index contributed by atoms with van der Waals surface area (Å²) in [4.78, 5) is 25.1. The quantitative estimate of drug-likeness (QED) is 0.513. The van der Waals surface area contributed by atoms with Crippen LogP contribution in [0.4, 0.5) is 4.79 Å². The van der Waals surface area contributed by atoms with Gasteiger partial charge in [0.2, 0.25) is 5.91 Å². The minimum Gasteiger partial charge on any atom is -0.508 e. The third-order valence-electron chi connectivity index (χ3n) is 5.77. The topological polar surface area (TPSA) is 110 Å². The highest BCUT2D eigenvalue weighted by molar-refractivity contribution is 5.92. The molecule has 7 heteroatoms. The molecule has 0 aliphatic carbocycles. The van der Waals surface area contributed by atoms with E-state index in [-0.39, 0.29) is 18.2 Å². The number of amides is 2. The average molecular weight is 439 g/mol. The van der Waals surface area contributed by atoms with E-state index in [1.165, 1.54) is 17.7 Å². The molecule has 1 heterocycles. The zero-order chi connectivity index (χ0) is 23.3. The molecule has 1 saturated heterocycles. The van der Waals surface area contributed by atoms with Gasteiger partial charge in [0.05, 0.1) is 5.60 Å². The van der Waals surface area contributed by atoms with Crippen LogP contribution in [0.5, 0.6) is 5.75 Å². The molecule has 32 heavy (non-hydrogen) atoms. The third kappa shape index (κ3) is 6.11. The van der Waals surface area contributed by atoms with Gasteiger partial charge in [-0.05, 0) is 61.4 Å². The first-order chi connectivity index (χ1) is 15.1. The van der Waals surface area contributed by atoms with E-state index in [0.717, 1.165) is 18.4 Å². The number of rotatable bonds is 6. The Hall–Kier alpha value is -3.32. The normalized spacial score (nSPS) is 15.2. The van der Waals surface area contributed by atoms with Crippen molar-refractivity contribution in [1.29, 1.82) is 0 Å². The van der Waals surface area contributed by atoms with Gasteiger partial charge in [0.25, 0.3) is 0 Å².